The van der Waals surface area contributed by atoms with Crippen molar-refractivity contribution in [2.24, 2.45) is 5.92 Å². The molecule has 0 saturated carbocycles. The van der Waals surface area contributed by atoms with E-state index in [0.717, 1.165) is 25.0 Å². The summed E-state index contributed by atoms with van der Waals surface area (Å²) in [7, 11) is 0. The zero-order chi connectivity index (χ0) is 19.6. The van der Waals surface area contributed by atoms with Gasteiger partial charge in [0.05, 0.1) is 18.4 Å². The molecule has 0 radical (unpaired) electrons. The van der Waals surface area contributed by atoms with Gasteiger partial charge < -0.3 is 14.4 Å². The molecule has 2 aliphatic heterocycles. The molecular formula is C19H28N4O4. The van der Waals surface area contributed by atoms with Gasteiger partial charge in [-0.1, -0.05) is 0 Å². The van der Waals surface area contributed by atoms with Gasteiger partial charge in [0.2, 0.25) is 0 Å². The van der Waals surface area contributed by atoms with E-state index in [1.807, 2.05) is 27.7 Å². The lowest BCUT2D eigenvalue weighted by Crippen LogP contribution is -2.42. The number of rotatable bonds is 3. The molecule has 1 aromatic heterocycles. The highest BCUT2D eigenvalue weighted by molar-refractivity contribution is 5.88. The maximum Gasteiger partial charge on any atom is 0.415 e. The zero-order valence-corrected chi connectivity index (χ0v) is 16.5. The van der Waals surface area contributed by atoms with Crippen molar-refractivity contribution in [1.82, 2.24) is 14.9 Å². The Kier molecular flexibility index (Phi) is 5.53. The number of nitrogens with zero attached hydrogens (tertiary/aromatic N) is 4. The minimum Gasteiger partial charge on any atom is -0.444 e. The van der Waals surface area contributed by atoms with Crippen molar-refractivity contribution in [3.63, 3.8) is 0 Å². The molecule has 8 nitrogen and oxygen atoms in total. The summed E-state index contributed by atoms with van der Waals surface area (Å²) in [5.41, 5.74) is 0.383. The third kappa shape index (κ3) is 5.08. The number of piperidine rings is 1. The van der Waals surface area contributed by atoms with Crippen molar-refractivity contribution < 1.29 is 19.1 Å². The lowest BCUT2D eigenvalue weighted by Gasteiger charge is -2.33. The van der Waals surface area contributed by atoms with Crippen molar-refractivity contribution in [3.8, 4) is 0 Å². The van der Waals surface area contributed by atoms with E-state index in [-0.39, 0.29) is 18.3 Å². The largest absolute Gasteiger partial charge is 0.444 e. The fourth-order valence-electron chi connectivity index (χ4n) is 3.36. The van der Waals surface area contributed by atoms with Gasteiger partial charge in [-0.15, -0.1) is 0 Å². The number of ether oxygens (including phenoxy) is 2. The molecule has 2 aliphatic rings. The average molecular weight is 376 g/mol. The predicted octanol–water partition coefficient (Wildman–Crippen LogP) is 3.01. The van der Waals surface area contributed by atoms with Gasteiger partial charge in [0, 0.05) is 19.3 Å². The second-order valence-corrected chi connectivity index (χ2v) is 8.29. The van der Waals surface area contributed by atoms with Crippen LogP contribution in [-0.4, -0.2) is 58.4 Å². The van der Waals surface area contributed by atoms with Crippen LogP contribution in [-0.2, 0) is 15.9 Å². The van der Waals surface area contributed by atoms with Gasteiger partial charge in [-0.05, 0) is 52.9 Å². The van der Waals surface area contributed by atoms with Crippen LogP contribution < -0.4 is 4.90 Å². The summed E-state index contributed by atoms with van der Waals surface area (Å²) < 4.78 is 10.6. The number of carbonyl (C=O) groups is 2. The Hall–Kier alpha value is -2.38. The molecule has 0 aliphatic carbocycles. The van der Waals surface area contributed by atoms with Crippen LogP contribution in [0.4, 0.5) is 15.4 Å². The van der Waals surface area contributed by atoms with Crippen LogP contribution in [0.1, 0.15) is 46.2 Å². The normalized spacial score (nSPS) is 21.3. The van der Waals surface area contributed by atoms with Gasteiger partial charge in [-0.25, -0.2) is 14.6 Å². The van der Waals surface area contributed by atoms with E-state index in [1.54, 1.807) is 17.3 Å². The summed E-state index contributed by atoms with van der Waals surface area (Å²) in [6.45, 7) is 9.34. The maximum absolute atomic E-state index is 12.2. The number of hydrogen-bond acceptors (Lipinski definition) is 6. The molecule has 1 atom stereocenters. The molecular weight excluding hydrogens is 348 g/mol. The first kappa shape index (κ1) is 19.4. The molecule has 0 bridgehead atoms. The summed E-state index contributed by atoms with van der Waals surface area (Å²) in [5.74, 6) is 0.964. The third-order valence-electron chi connectivity index (χ3n) is 4.67. The lowest BCUT2D eigenvalue weighted by atomic mass is 9.92. The number of likely N-dealkylation sites (tertiary alicyclic amines) is 1. The van der Waals surface area contributed by atoms with Crippen LogP contribution >= 0.6 is 0 Å². The summed E-state index contributed by atoms with van der Waals surface area (Å²) >= 11 is 0. The van der Waals surface area contributed by atoms with Gasteiger partial charge in [0.15, 0.2) is 5.82 Å². The molecule has 2 amide bonds. The molecule has 3 rings (SSSR count). The van der Waals surface area contributed by atoms with Crippen LogP contribution in [0.5, 0.6) is 0 Å². The zero-order valence-electron chi connectivity index (χ0n) is 16.5. The lowest BCUT2D eigenvalue weighted by molar-refractivity contribution is 0.0184. The summed E-state index contributed by atoms with van der Waals surface area (Å²) in [6, 6.07) is 0. The Morgan fingerprint density at radius 1 is 1.30 bits per heavy atom. The molecule has 3 heterocycles. The minimum atomic E-state index is -0.474. The Labute approximate surface area is 159 Å². The van der Waals surface area contributed by atoms with E-state index in [4.69, 9.17) is 9.47 Å². The smallest absolute Gasteiger partial charge is 0.415 e. The van der Waals surface area contributed by atoms with Crippen molar-refractivity contribution in [1.29, 1.82) is 0 Å². The third-order valence-corrected chi connectivity index (χ3v) is 4.67. The molecule has 2 saturated heterocycles. The highest BCUT2D eigenvalue weighted by Crippen LogP contribution is 2.24. The number of hydrogen-bond donors (Lipinski definition) is 0. The summed E-state index contributed by atoms with van der Waals surface area (Å²) in [6.07, 6.45) is 5.15. The van der Waals surface area contributed by atoms with Gasteiger partial charge in [0.1, 0.15) is 11.7 Å². The summed E-state index contributed by atoms with van der Waals surface area (Å²) in [5, 5.41) is 0. The molecule has 27 heavy (non-hydrogen) atoms. The molecule has 0 unspecified atom stereocenters. The summed E-state index contributed by atoms with van der Waals surface area (Å²) in [4.78, 5) is 36.2. The van der Waals surface area contributed by atoms with Crippen molar-refractivity contribution in [3.05, 3.63) is 18.1 Å². The molecule has 148 valence electrons. The highest BCUT2D eigenvalue weighted by Gasteiger charge is 2.31. The Morgan fingerprint density at radius 2 is 2.00 bits per heavy atom. The van der Waals surface area contributed by atoms with E-state index >= 15 is 0 Å². The predicted molar refractivity (Wildman–Crippen MR) is 99.6 cm³/mol. The Balaban J connectivity index is 1.54. The SMILES string of the molecule is C[C@H]1CN(c2cncc(CC3CCN(C(=O)OC(C)(C)C)CC3)n2)C(=O)O1. The number of aromatic nitrogens is 2. The molecule has 8 heteroatoms. The van der Waals surface area contributed by atoms with Crippen molar-refractivity contribution in [2.45, 2.75) is 58.7 Å². The molecule has 0 N–H and O–H groups in total. The maximum atomic E-state index is 12.2. The topological polar surface area (TPSA) is 84.9 Å². The van der Waals surface area contributed by atoms with Gasteiger partial charge in [0.25, 0.3) is 0 Å². The number of cyclic esters (lactones) is 1. The monoisotopic (exact) mass is 376 g/mol. The van der Waals surface area contributed by atoms with Gasteiger partial charge in [-0.2, -0.15) is 0 Å². The molecule has 0 spiro atoms. The van der Waals surface area contributed by atoms with Gasteiger partial charge in [-0.3, -0.25) is 9.88 Å². The Bertz CT molecular complexity index is 695. The van der Waals surface area contributed by atoms with Gasteiger partial charge >= 0.3 is 12.2 Å². The molecule has 0 aromatic carbocycles. The van der Waals surface area contributed by atoms with Crippen LogP contribution in [0.25, 0.3) is 0 Å². The van der Waals surface area contributed by atoms with E-state index in [0.29, 0.717) is 31.4 Å². The first-order chi connectivity index (χ1) is 12.7. The average Bonchev–Trinajstić information content (AvgIpc) is 2.92. The standard InChI is InChI=1S/C19H28N4O4/c1-13-12-23(18(25)26-13)16-11-20-10-15(21-16)9-14-5-7-22(8-6-14)17(24)27-19(2,3)4/h10-11,13-14H,5-9,12H2,1-4H3/t13-/m0/s1. The van der Waals surface area contributed by atoms with Crippen LogP contribution in [0.2, 0.25) is 0 Å². The quantitative estimate of drug-likeness (QED) is 0.806. The second kappa shape index (κ2) is 7.70. The molecule has 1 aromatic rings. The van der Waals surface area contributed by atoms with Crippen LogP contribution in [0.3, 0.4) is 0 Å². The van der Waals surface area contributed by atoms with E-state index < -0.39 is 5.60 Å². The van der Waals surface area contributed by atoms with Crippen LogP contribution in [0.15, 0.2) is 12.4 Å². The minimum absolute atomic E-state index is 0.139. The number of anilines is 1. The second-order valence-electron chi connectivity index (χ2n) is 8.29. The first-order valence-corrected chi connectivity index (χ1v) is 9.48. The van der Waals surface area contributed by atoms with E-state index in [1.165, 1.54) is 4.90 Å². The van der Waals surface area contributed by atoms with Crippen LogP contribution in [0, 0.1) is 5.92 Å². The Morgan fingerprint density at radius 3 is 2.59 bits per heavy atom. The van der Waals surface area contributed by atoms with E-state index in [2.05, 4.69) is 9.97 Å². The fraction of sp³-hybridized carbons (Fsp3) is 0.684. The van der Waals surface area contributed by atoms with Crippen molar-refractivity contribution in [2.75, 3.05) is 24.5 Å². The fourth-order valence-corrected chi connectivity index (χ4v) is 3.36. The highest BCUT2D eigenvalue weighted by atomic mass is 16.6. The number of carbonyl (C=O) groups excluding carboxylic acids is 2. The molecule has 2 fully saturated rings. The van der Waals surface area contributed by atoms with Crippen molar-refractivity contribution >= 4 is 18.0 Å². The first-order valence-electron chi connectivity index (χ1n) is 9.48. The number of amides is 2. The van der Waals surface area contributed by atoms with E-state index in [9.17, 15) is 9.59 Å².